The first-order valence-corrected chi connectivity index (χ1v) is 7.17. The van der Waals surface area contributed by atoms with Crippen molar-refractivity contribution in [2.75, 3.05) is 19.8 Å². The van der Waals surface area contributed by atoms with Crippen LogP contribution in [0.15, 0.2) is 12.7 Å². The first-order valence-electron chi connectivity index (χ1n) is 7.17. The highest BCUT2D eigenvalue weighted by Crippen LogP contribution is 2.25. The molecule has 8 heteroatoms. The second-order valence-corrected chi connectivity index (χ2v) is 4.98. The molecule has 1 aliphatic rings. The fourth-order valence-electron chi connectivity index (χ4n) is 2.23. The zero-order valence-electron chi connectivity index (χ0n) is 13.5. The van der Waals surface area contributed by atoms with E-state index in [1.807, 2.05) is 0 Å². The van der Waals surface area contributed by atoms with E-state index >= 15 is 0 Å². The van der Waals surface area contributed by atoms with Crippen LogP contribution < -0.4 is 0 Å². The van der Waals surface area contributed by atoms with Crippen LogP contribution in [-0.2, 0) is 38.1 Å². The van der Waals surface area contributed by atoms with Crippen molar-refractivity contribution in [1.29, 1.82) is 0 Å². The van der Waals surface area contributed by atoms with Crippen LogP contribution in [0.25, 0.3) is 0 Å². The Kier molecular flexibility index (Phi) is 7.70. The summed E-state index contributed by atoms with van der Waals surface area (Å²) in [6.45, 7) is 7.42. The molecule has 0 N–H and O–H groups in total. The summed E-state index contributed by atoms with van der Waals surface area (Å²) < 4.78 is 26.4. The molecule has 0 aliphatic carbocycles. The Balaban J connectivity index is 2.86. The average Bonchev–Trinajstić information content (AvgIpc) is 2.82. The lowest BCUT2D eigenvalue weighted by Gasteiger charge is -2.28. The van der Waals surface area contributed by atoms with E-state index in [0.717, 1.165) is 0 Å². The quantitative estimate of drug-likeness (QED) is 0.358. The standard InChI is InChI=1S/C15H22O8/c1-5-6-19-14-13(23-11(4)18)8-21-15(14)12(22-10(3)17)7-20-9(2)16/h5,12-15H,1,6-8H2,2-4H3/t12-,13+,14-,15-/m1/s1. The Labute approximate surface area is 134 Å². The van der Waals surface area contributed by atoms with Crippen LogP contribution in [0, 0.1) is 0 Å². The topological polar surface area (TPSA) is 97.4 Å². The van der Waals surface area contributed by atoms with Crippen LogP contribution in [0.4, 0.5) is 0 Å². The maximum Gasteiger partial charge on any atom is 0.303 e. The van der Waals surface area contributed by atoms with Crippen molar-refractivity contribution in [3.05, 3.63) is 12.7 Å². The van der Waals surface area contributed by atoms with E-state index in [1.54, 1.807) is 0 Å². The maximum atomic E-state index is 11.3. The second-order valence-electron chi connectivity index (χ2n) is 4.98. The van der Waals surface area contributed by atoms with E-state index in [4.69, 9.17) is 23.7 Å². The van der Waals surface area contributed by atoms with Gasteiger partial charge in [-0.15, -0.1) is 6.58 Å². The average molecular weight is 330 g/mol. The molecular weight excluding hydrogens is 308 g/mol. The summed E-state index contributed by atoms with van der Waals surface area (Å²) in [7, 11) is 0. The third-order valence-electron chi connectivity index (χ3n) is 3.00. The second kappa shape index (κ2) is 9.26. The minimum atomic E-state index is -0.869. The van der Waals surface area contributed by atoms with Gasteiger partial charge in [0.15, 0.2) is 12.2 Å². The lowest BCUT2D eigenvalue weighted by molar-refractivity contribution is -0.170. The first kappa shape index (κ1) is 19.1. The summed E-state index contributed by atoms with van der Waals surface area (Å²) in [4.78, 5) is 33.5. The third kappa shape index (κ3) is 6.37. The third-order valence-corrected chi connectivity index (χ3v) is 3.00. The van der Waals surface area contributed by atoms with E-state index in [-0.39, 0.29) is 19.8 Å². The Morgan fingerprint density at radius 1 is 1.22 bits per heavy atom. The number of hydrogen-bond donors (Lipinski definition) is 0. The van der Waals surface area contributed by atoms with Gasteiger partial charge >= 0.3 is 17.9 Å². The molecule has 1 heterocycles. The predicted octanol–water partition coefficient (Wildman–Crippen LogP) is 0.383. The van der Waals surface area contributed by atoms with Crippen molar-refractivity contribution in [3.63, 3.8) is 0 Å². The summed E-state index contributed by atoms with van der Waals surface area (Å²) in [6, 6.07) is 0. The molecule has 130 valence electrons. The fraction of sp³-hybridized carbons (Fsp3) is 0.667. The number of hydrogen-bond acceptors (Lipinski definition) is 8. The van der Waals surface area contributed by atoms with Gasteiger partial charge in [0.2, 0.25) is 0 Å². The molecule has 0 spiro atoms. The molecule has 1 aliphatic heterocycles. The largest absolute Gasteiger partial charge is 0.462 e. The van der Waals surface area contributed by atoms with Gasteiger partial charge in [-0.1, -0.05) is 6.08 Å². The molecule has 0 aromatic rings. The molecule has 0 amide bonds. The van der Waals surface area contributed by atoms with Crippen molar-refractivity contribution in [3.8, 4) is 0 Å². The van der Waals surface area contributed by atoms with Gasteiger partial charge in [-0.3, -0.25) is 14.4 Å². The van der Waals surface area contributed by atoms with Gasteiger partial charge in [0.25, 0.3) is 0 Å². The number of esters is 3. The summed E-state index contributed by atoms with van der Waals surface area (Å²) in [5.74, 6) is -1.54. The van der Waals surface area contributed by atoms with Gasteiger partial charge in [0.05, 0.1) is 13.2 Å². The van der Waals surface area contributed by atoms with Crippen LogP contribution in [0.2, 0.25) is 0 Å². The monoisotopic (exact) mass is 330 g/mol. The number of ether oxygens (including phenoxy) is 5. The van der Waals surface area contributed by atoms with E-state index < -0.39 is 42.3 Å². The number of rotatable bonds is 8. The van der Waals surface area contributed by atoms with Gasteiger partial charge in [0.1, 0.15) is 18.8 Å². The fourth-order valence-corrected chi connectivity index (χ4v) is 2.23. The van der Waals surface area contributed by atoms with Crippen molar-refractivity contribution in [1.82, 2.24) is 0 Å². The van der Waals surface area contributed by atoms with Crippen LogP contribution in [-0.4, -0.2) is 62.1 Å². The van der Waals surface area contributed by atoms with Gasteiger partial charge in [0, 0.05) is 20.8 Å². The predicted molar refractivity (Wildman–Crippen MR) is 77.4 cm³/mol. The number of carbonyl (C=O) groups is 3. The molecule has 0 aromatic carbocycles. The van der Waals surface area contributed by atoms with Crippen molar-refractivity contribution in [2.24, 2.45) is 0 Å². The molecule has 0 unspecified atom stereocenters. The zero-order valence-corrected chi connectivity index (χ0v) is 13.5. The van der Waals surface area contributed by atoms with Crippen LogP contribution >= 0.6 is 0 Å². The van der Waals surface area contributed by atoms with Crippen LogP contribution in [0.1, 0.15) is 20.8 Å². The summed E-state index contributed by atoms with van der Waals surface area (Å²) in [5, 5.41) is 0. The minimum absolute atomic E-state index is 0.0872. The van der Waals surface area contributed by atoms with E-state index in [0.29, 0.717) is 0 Å². The van der Waals surface area contributed by atoms with Crippen molar-refractivity contribution in [2.45, 2.75) is 45.2 Å². The molecule has 4 atom stereocenters. The smallest absolute Gasteiger partial charge is 0.303 e. The Hall–Kier alpha value is -1.93. The molecule has 0 saturated carbocycles. The molecule has 1 rings (SSSR count). The highest BCUT2D eigenvalue weighted by molar-refractivity contribution is 5.67. The Morgan fingerprint density at radius 2 is 1.91 bits per heavy atom. The molecule has 1 saturated heterocycles. The van der Waals surface area contributed by atoms with Crippen molar-refractivity contribution >= 4 is 17.9 Å². The van der Waals surface area contributed by atoms with Crippen LogP contribution in [0.5, 0.6) is 0 Å². The van der Waals surface area contributed by atoms with Crippen molar-refractivity contribution < 1.29 is 38.1 Å². The SMILES string of the molecule is C=CCO[C@H]1[C@@H]([C@@H](COC(C)=O)OC(C)=O)OC[C@@H]1OC(C)=O. The van der Waals surface area contributed by atoms with E-state index in [2.05, 4.69) is 6.58 Å². The summed E-state index contributed by atoms with van der Waals surface area (Å²) in [5.41, 5.74) is 0. The first-order chi connectivity index (χ1) is 10.8. The molecule has 23 heavy (non-hydrogen) atoms. The molecular formula is C15H22O8. The van der Waals surface area contributed by atoms with Gasteiger partial charge in [-0.05, 0) is 0 Å². The number of carbonyl (C=O) groups excluding carboxylic acids is 3. The van der Waals surface area contributed by atoms with Gasteiger partial charge < -0.3 is 23.7 Å². The maximum absolute atomic E-state index is 11.3. The molecule has 0 bridgehead atoms. The Bertz CT molecular complexity index is 447. The highest BCUT2D eigenvalue weighted by atomic mass is 16.6. The summed E-state index contributed by atoms with van der Waals surface area (Å²) >= 11 is 0. The zero-order chi connectivity index (χ0) is 17.4. The lowest BCUT2D eigenvalue weighted by atomic mass is 10.1. The molecule has 0 aromatic heterocycles. The van der Waals surface area contributed by atoms with Crippen LogP contribution in [0.3, 0.4) is 0 Å². The molecule has 8 nitrogen and oxygen atoms in total. The molecule has 0 radical (unpaired) electrons. The van der Waals surface area contributed by atoms with E-state index in [9.17, 15) is 14.4 Å². The Morgan fingerprint density at radius 3 is 2.43 bits per heavy atom. The highest BCUT2D eigenvalue weighted by Gasteiger charge is 2.46. The minimum Gasteiger partial charge on any atom is -0.462 e. The van der Waals surface area contributed by atoms with E-state index in [1.165, 1.54) is 26.8 Å². The summed E-state index contributed by atoms with van der Waals surface area (Å²) in [6.07, 6.45) is -1.38. The van der Waals surface area contributed by atoms with Gasteiger partial charge in [-0.2, -0.15) is 0 Å². The normalized spacial score (nSPS) is 24.6. The lowest BCUT2D eigenvalue weighted by Crippen LogP contribution is -2.45. The van der Waals surface area contributed by atoms with Gasteiger partial charge in [-0.25, -0.2) is 0 Å². The molecule has 1 fully saturated rings.